The molecule has 0 aliphatic carbocycles. The molecule has 0 spiro atoms. The van der Waals surface area contributed by atoms with Crippen molar-refractivity contribution in [2.45, 2.75) is 348 Å². The molecule has 0 aliphatic heterocycles. The summed E-state index contributed by atoms with van der Waals surface area (Å²) in [5.74, 6) is -0.972. The van der Waals surface area contributed by atoms with Gasteiger partial charge in [0.2, 0.25) is 0 Å². The van der Waals surface area contributed by atoms with Crippen LogP contribution in [0.1, 0.15) is 342 Å². The van der Waals surface area contributed by atoms with Gasteiger partial charge in [0.1, 0.15) is 13.2 Å². The first-order valence-corrected chi connectivity index (χ1v) is 34.1. The van der Waals surface area contributed by atoms with E-state index in [0.717, 1.165) is 77.0 Å². The number of ether oxygens (including phenoxy) is 3. The highest BCUT2D eigenvalue weighted by Crippen LogP contribution is 2.17. The Morgan fingerprint density at radius 3 is 0.823 bits per heavy atom. The van der Waals surface area contributed by atoms with Gasteiger partial charge in [0.05, 0.1) is 0 Å². The Kier molecular flexibility index (Phi) is 64.2. The van der Waals surface area contributed by atoms with Gasteiger partial charge in [0.15, 0.2) is 6.10 Å². The Labute approximate surface area is 490 Å². The number of allylic oxidation sites excluding steroid dienone is 14. The van der Waals surface area contributed by atoms with Gasteiger partial charge in [-0.15, -0.1) is 0 Å². The molecule has 0 aromatic rings. The average Bonchev–Trinajstić information content (AvgIpc) is 3.45. The van der Waals surface area contributed by atoms with Crippen LogP contribution in [0, 0.1) is 0 Å². The first-order valence-electron chi connectivity index (χ1n) is 34.1. The van der Waals surface area contributed by atoms with E-state index >= 15 is 0 Å². The van der Waals surface area contributed by atoms with Gasteiger partial charge in [-0.3, -0.25) is 14.4 Å². The van der Waals surface area contributed by atoms with E-state index in [1.807, 2.05) is 6.08 Å². The summed E-state index contributed by atoms with van der Waals surface area (Å²) in [5.41, 5.74) is 0. The summed E-state index contributed by atoms with van der Waals surface area (Å²) in [7, 11) is 0. The molecule has 0 fully saturated rings. The topological polar surface area (TPSA) is 78.9 Å². The predicted octanol–water partition coefficient (Wildman–Crippen LogP) is 23.4. The molecule has 456 valence electrons. The smallest absolute Gasteiger partial charge is 0.306 e. The van der Waals surface area contributed by atoms with Crippen molar-refractivity contribution in [3.8, 4) is 0 Å². The molecule has 79 heavy (non-hydrogen) atoms. The van der Waals surface area contributed by atoms with E-state index in [0.29, 0.717) is 19.3 Å². The normalized spacial score (nSPS) is 12.6. The van der Waals surface area contributed by atoms with Crippen molar-refractivity contribution in [3.05, 3.63) is 85.1 Å². The van der Waals surface area contributed by atoms with Crippen molar-refractivity contribution in [2.24, 2.45) is 0 Å². The maximum absolute atomic E-state index is 12.9. The number of rotatable bonds is 62. The van der Waals surface area contributed by atoms with Crippen molar-refractivity contribution >= 4 is 17.9 Å². The number of hydrogen-bond acceptors (Lipinski definition) is 6. The molecule has 0 bridgehead atoms. The third kappa shape index (κ3) is 65.3. The fourth-order valence-electron chi connectivity index (χ4n) is 9.82. The van der Waals surface area contributed by atoms with Crippen LogP contribution in [-0.2, 0) is 28.6 Å². The van der Waals surface area contributed by atoms with Gasteiger partial charge in [0.25, 0.3) is 0 Å². The minimum absolute atomic E-state index is 0.103. The van der Waals surface area contributed by atoms with Crippen LogP contribution in [0.2, 0.25) is 0 Å². The van der Waals surface area contributed by atoms with E-state index < -0.39 is 6.10 Å². The quantitative estimate of drug-likeness (QED) is 0.0261. The van der Waals surface area contributed by atoms with Gasteiger partial charge >= 0.3 is 17.9 Å². The van der Waals surface area contributed by atoms with Gasteiger partial charge in [-0.25, -0.2) is 0 Å². The summed E-state index contributed by atoms with van der Waals surface area (Å²) >= 11 is 0. The molecular formula is C73H128O6. The predicted molar refractivity (Wildman–Crippen MR) is 344 cm³/mol. The lowest BCUT2D eigenvalue weighted by atomic mass is 10.0. The van der Waals surface area contributed by atoms with Crippen molar-refractivity contribution < 1.29 is 28.6 Å². The number of esters is 3. The van der Waals surface area contributed by atoms with E-state index in [2.05, 4.69) is 99.8 Å². The zero-order valence-electron chi connectivity index (χ0n) is 52.4. The molecule has 0 aromatic carbocycles. The third-order valence-corrected chi connectivity index (χ3v) is 14.9. The summed E-state index contributed by atoms with van der Waals surface area (Å²) < 4.78 is 16.9. The molecule has 1 atom stereocenters. The van der Waals surface area contributed by atoms with Crippen LogP contribution >= 0.6 is 0 Å². The fraction of sp³-hybridized carbons (Fsp3) is 0.767. The molecule has 1 unspecified atom stereocenters. The average molecular weight is 1100 g/mol. The van der Waals surface area contributed by atoms with Gasteiger partial charge in [-0.1, -0.05) is 324 Å². The van der Waals surface area contributed by atoms with Gasteiger partial charge in [-0.05, 0) is 83.5 Å². The molecule has 6 heteroatoms. The number of carbonyl (C=O) groups excluding carboxylic acids is 3. The number of unbranched alkanes of at least 4 members (excludes halogenated alkanes) is 37. The molecule has 0 saturated carbocycles. The van der Waals surface area contributed by atoms with Crippen LogP contribution in [0.3, 0.4) is 0 Å². The van der Waals surface area contributed by atoms with E-state index in [1.54, 1.807) is 0 Å². The summed E-state index contributed by atoms with van der Waals surface area (Å²) in [5, 5.41) is 0. The molecule has 0 aliphatic rings. The van der Waals surface area contributed by atoms with Crippen molar-refractivity contribution in [3.63, 3.8) is 0 Å². The summed E-state index contributed by atoms with van der Waals surface area (Å²) in [6.45, 7) is 6.50. The monoisotopic (exact) mass is 1100 g/mol. The first-order chi connectivity index (χ1) is 39.0. The Balaban J connectivity index is 4.29. The molecule has 0 saturated heterocycles. The number of carbonyl (C=O) groups is 3. The maximum atomic E-state index is 12.9. The minimum atomic E-state index is -0.816. The second-order valence-electron chi connectivity index (χ2n) is 22.7. The number of hydrogen-bond donors (Lipinski definition) is 0. The fourth-order valence-corrected chi connectivity index (χ4v) is 9.82. The molecule has 0 amide bonds. The largest absolute Gasteiger partial charge is 0.462 e. The highest BCUT2D eigenvalue weighted by molar-refractivity contribution is 5.71. The molecule has 6 nitrogen and oxygen atoms in total. The van der Waals surface area contributed by atoms with Crippen LogP contribution < -0.4 is 0 Å². The maximum Gasteiger partial charge on any atom is 0.306 e. The molecule has 0 N–H and O–H groups in total. The van der Waals surface area contributed by atoms with E-state index in [-0.39, 0.29) is 37.5 Å². The zero-order chi connectivity index (χ0) is 57.1. The second kappa shape index (κ2) is 67.1. The molecule has 0 heterocycles. The van der Waals surface area contributed by atoms with E-state index in [9.17, 15) is 14.4 Å². The van der Waals surface area contributed by atoms with Crippen LogP contribution in [0.15, 0.2) is 85.1 Å². The zero-order valence-corrected chi connectivity index (χ0v) is 52.4. The summed E-state index contributed by atoms with van der Waals surface area (Å²) in [6.07, 6.45) is 89.1. The second-order valence-corrected chi connectivity index (χ2v) is 22.7. The lowest BCUT2D eigenvalue weighted by molar-refractivity contribution is -0.166. The SMILES string of the molecule is CC/C=C\C/C=C\C/C=C\C/C=C\C/C=C\C/C=C\CCC(=O)OC(COC(=O)CCCCCCCCCCCCCCC)COC(=O)CCCCCCCCCCCCCCCCCCC/C=C\CCCCCCCCCC. The summed E-state index contributed by atoms with van der Waals surface area (Å²) in [6, 6.07) is 0. The highest BCUT2D eigenvalue weighted by atomic mass is 16.6. The van der Waals surface area contributed by atoms with Gasteiger partial charge < -0.3 is 14.2 Å². The van der Waals surface area contributed by atoms with Gasteiger partial charge in [-0.2, -0.15) is 0 Å². The molecule has 0 aromatic heterocycles. The molecular weight excluding hydrogens is 973 g/mol. The Bertz CT molecular complexity index is 1500. The molecule has 0 radical (unpaired) electrons. The highest BCUT2D eigenvalue weighted by Gasteiger charge is 2.19. The van der Waals surface area contributed by atoms with Crippen molar-refractivity contribution in [1.82, 2.24) is 0 Å². The van der Waals surface area contributed by atoms with Gasteiger partial charge in [0, 0.05) is 19.3 Å². The van der Waals surface area contributed by atoms with Crippen LogP contribution in [0.5, 0.6) is 0 Å². The van der Waals surface area contributed by atoms with Crippen molar-refractivity contribution in [1.29, 1.82) is 0 Å². The van der Waals surface area contributed by atoms with E-state index in [4.69, 9.17) is 14.2 Å². The Morgan fingerprint density at radius 1 is 0.266 bits per heavy atom. The van der Waals surface area contributed by atoms with Crippen LogP contribution in [0.25, 0.3) is 0 Å². The lowest BCUT2D eigenvalue weighted by Gasteiger charge is -2.18. The lowest BCUT2D eigenvalue weighted by Crippen LogP contribution is -2.30. The standard InChI is InChI=1S/C73H128O6/c1-4-7-10-13-16-19-22-25-27-29-31-32-33-34-35-36-37-38-39-40-42-43-45-48-51-54-57-60-63-66-72(75)78-69-70(68-77-71(74)65-62-59-56-53-50-47-24-21-18-15-12-9-6-3)79-73(76)67-64-61-58-55-52-49-46-44-41-30-28-26-23-20-17-14-11-8-5-2/h8,11,17,20,26,28-29,31,41,44,49,52,58,61,70H,4-7,9-10,12-16,18-19,21-25,27,30,32-40,42-43,45-48,50-51,53-57,59-60,62-69H2,1-3H3/b11-8-,20-17-,28-26-,31-29-,44-41-,52-49-,61-58-. The summed E-state index contributed by atoms with van der Waals surface area (Å²) in [4.78, 5) is 38.3. The molecule has 0 rings (SSSR count). The van der Waals surface area contributed by atoms with E-state index in [1.165, 1.54) is 218 Å². The Hall–Kier alpha value is -3.41. The van der Waals surface area contributed by atoms with Crippen LogP contribution in [-0.4, -0.2) is 37.2 Å². The Morgan fingerprint density at radius 2 is 0.519 bits per heavy atom. The minimum Gasteiger partial charge on any atom is -0.462 e. The van der Waals surface area contributed by atoms with Crippen LogP contribution in [0.4, 0.5) is 0 Å². The third-order valence-electron chi connectivity index (χ3n) is 14.9. The first kappa shape index (κ1) is 75.6. The van der Waals surface area contributed by atoms with Crippen molar-refractivity contribution in [2.75, 3.05) is 13.2 Å².